The number of carbonyl (C=O) groups is 2. The summed E-state index contributed by atoms with van der Waals surface area (Å²) in [6.45, 7) is 7.09. The second-order valence-electron chi connectivity index (χ2n) is 7.09. The van der Waals surface area contributed by atoms with Crippen molar-refractivity contribution in [2.24, 2.45) is 0 Å². The van der Waals surface area contributed by atoms with Crippen molar-refractivity contribution in [2.45, 2.75) is 34.1 Å². The summed E-state index contributed by atoms with van der Waals surface area (Å²) >= 11 is 12.3. The van der Waals surface area contributed by atoms with Gasteiger partial charge in [-0.25, -0.2) is 4.68 Å². The lowest BCUT2D eigenvalue weighted by atomic mass is 10.1. The van der Waals surface area contributed by atoms with Crippen molar-refractivity contribution < 1.29 is 9.59 Å². The first-order valence-corrected chi connectivity index (χ1v) is 10.1. The summed E-state index contributed by atoms with van der Waals surface area (Å²) in [7, 11) is 0. The monoisotopic (exact) mass is 444 g/mol. The van der Waals surface area contributed by atoms with Crippen molar-refractivity contribution in [1.82, 2.24) is 9.78 Å². The molecule has 0 spiro atoms. The molecule has 1 aromatic heterocycles. The summed E-state index contributed by atoms with van der Waals surface area (Å²) in [5.41, 5.74) is 5.28. The molecule has 0 saturated carbocycles. The number of carbonyl (C=O) groups excluding carboxylic acids is 2. The predicted molar refractivity (Wildman–Crippen MR) is 121 cm³/mol. The molecular weight excluding hydrogens is 423 g/mol. The van der Waals surface area contributed by atoms with E-state index in [0.717, 1.165) is 22.5 Å². The molecular formula is C22H22Cl2N4O2. The largest absolute Gasteiger partial charge is 0.326 e. The third-order valence-corrected chi connectivity index (χ3v) is 5.29. The molecule has 30 heavy (non-hydrogen) atoms. The van der Waals surface area contributed by atoms with Gasteiger partial charge in [-0.05, 0) is 56.7 Å². The highest BCUT2D eigenvalue weighted by Gasteiger charge is 2.18. The lowest BCUT2D eigenvalue weighted by molar-refractivity contribution is -0.116. The molecule has 2 aromatic carbocycles. The fraction of sp³-hybridized carbons (Fsp3) is 0.227. The maximum Gasteiger partial charge on any atom is 0.228 e. The van der Waals surface area contributed by atoms with Crippen LogP contribution in [0, 0.1) is 20.8 Å². The summed E-state index contributed by atoms with van der Waals surface area (Å²) in [5.74, 6) is -0.346. The fourth-order valence-electron chi connectivity index (χ4n) is 3.21. The lowest BCUT2D eigenvalue weighted by Crippen LogP contribution is -2.16. The Hall–Kier alpha value is -2.83. The van der Waals surface area contributed by atoms with E-state index in [0.29, 0.717) is 27.1 Å². The van der Waals surface area contributed by atoms with E-state index >= 15 is 0 Å². The van der Waals surface area contributed by atoms with E-state index in [9.17, 15) is 9.59 Å². The Kier molecular flexibility index (Phi) is 6.48. The molecule has 2 amide bonds. The van der Waals surface area contributed by atoms with Crippen molar-refractivity contribution in [2.75, 3.05) is 10.6 Å². The van der Waals surface area contributed by atoms with Crippen LogP contribution in [0.1, 0.15) is 29.4 Å². The van der Waals surface area contributed by atoms with E-state index in [2.05, 4.69) is 15.7 Å². The Bertz CT molecular complexity index is 1140. The van der Waals surface area contributed by atoms with Crippen LogP contribution >= 0.6 is 23.2 Å². The first-order chi connectivity index (χ1) is 14.2. The Morgan fingerprint density at radius 3 is 2.43 bits per heavy atom. The van der Waals surface area contributed by atoms with Crippen LogP contribution in [-0.2, 0) is 16.0 Å². The standard InChI is InChI=1S/C22H22Cl2N4O2/c1-12-5-7-17(25-15(4)29)10-20(12)26-22(30)11-18-13(2)27-28(14(18)3)21-8-6-16(23)9-19(21)24/h5-10H,11H2,1-4H3,(H,25,29)(H,26,30). The number of hydrogen-bond acceptors (Lipinski definition) is 3. The van der Waals surface area contributed by atoms with E-state index in [1.807, 2.05) is 26.8 Å². The molecule has 0 bridgehead atoms. The van der Waals surface area contributed by atoms with Gasteiger partial charge in [-0.1, -0.05) is 29.3 Å². The summed E-state index contributed by atoms with van der Waals surface area (Å²) in [5, 5.41) is 11.2. The molecule has 6 nitrogen and oxygen atoms in total. The van der Waals surface area contributed by atoms with Crippen molar-refractivity contribution in [3.05, 3.63) is 69.0 Å². The van der Waals surface area contributed by atoms with Crippen molar-refractivity contribution in [3.8, 4) is 5.69 Å². The predicted octanol–water partition coefficient (Wildman–Crippen LogP) is 5.24. The van der Waals surface area contributed by atoms with E-state index < -0.39 is 0 Å². The molecule has 0 fully saturated rings. The second kappa shape index (κ2) is 8.90. The van der Waals surface area contributed by atoms with E-state index in [4.69, 9.17) is 23.2 Å². The number of rotatable bonds is 5. The minimum atomic E-state index is -0.175. The van der Waals surface area contributed by atoms with Gasteiger partial charge in [0.25, 0.3) is 0 Å². The molecule has 0 radical (unpaired) electrons. The number of aromatic nitrogens is 2. The smallest absolute Gasteiger partial charge is 0.228 e. The number of halogens is 2. The molecule has 0 atom stereocenters. The van der Waals surface area contributed by atoms with Gasteiger partial charge in [0.15, 0.2) is 0 Å². The Morgan fingerprint density at radius 1 is 1.03 bits per heavy atom. The number of aryl methyl sites for hydroxylation is 2. The van der Waals surface area contributed by atoms with E-state index in [-0.39, 0.29) is 18.2 Å². The van der Waals surface area contributed by atoms with Crippen LogP contribution in [0.2, 0.25) is 10.0 Å². The van der Waals surface area contributed by atoms with Crippen molar-refractivity contribution in [1.29, 1.82) is 0 Å². The second-order valence-corrected chi connectivity index (χ2v) is 7.94. The van der Waals surface area contributed by atoms with Gasteiger partial charge in [0.1, 0.15) is 0 Å². The highest BCUT2D eigenvalue weighted by molar-refractivity contribution is 6.35. The zero-order valence-electron chi connectivity index (χ0n) is 17.1. The molecule has 0 aliphatic heterocycles. The average Bonchev–Trinajstić information content (AvgIpc) is 2.92. The van der Waals surface area contributed by atoms with Gasteiger partial charge in [-0.2, -0.15) is 5.10 Å². The SMILES string of the molecule is CC(=O)Nc1ccc(C)c(NC(=O)Cc2c(C)nn(-c3ccc(Cl)cc3Cl)c2C)c1. The van der Waals surface area contributed by atoms with Gasteiger partial charge in [-0.3, -0.25) is 9.59 Å². The average molecular weight is 445 g/mol. The van der Waals surface area contributed by atoms with Crippen LogP contribution in [0.5, 0.6) is 0 Å². The number of nitrogens with zero attached hydrogens (tertiary/aromatic N) is 2. The van der Waals surface area contributed by atoms with Gasteiger partial charge in [0.05, 0.1) is 22.8 Å². The Labute approximate surface area is 185 Å². The fourth-order valence-corrected chi connectivity index (χ4v) is 3.70. The molecule has 0 unspecified atom stereocenters. The minimum absolute atomic E-state index is 0.159. The molecule has 1 heterocycles. The summed E-state index contributed by atoms with van der Waals surface area (Å²) in [4.78, 5) is 24.0. The molecule has 0 saturated heterocycles. The molecule has 0 aliphatic rings. The highest BCUT2D eigenvalue weighted by atomic mass is 35.5. The van der Waals surface area contributed by atoms with E-state index in [1.165, 1.54) is 6.92 Å². The highest BCUT2D eigenvalue weighted by Crippen LogP contribution is 2.27. The molecule has 0 aliphatic carbocycles. The van der Waals surface area contributed by atoms with E-state index in [1.54, 1.807) is 35.0 Å². The quantitative estimate of drug-likeness (QED) is 0.564. The van der Waals surface area contributed by atoms with Crippen LogP contribution in [0.15, 0.2) is 36.4 Å². The number of benzene rings is 2. The zero-order valence-corrected chi connectivity index (χ0v) is 18.6. The molecule has 3 rings (SSSR count). The molecule has 2 N–H and O–H groups in total. The summed E-state index contributed by atoms with van der Waals surface area (Å²) < 4.78 is 1.72. The van der Waals surface area contributed by atoms with Gasteiger partial charge in [-0.15, -0.1) is 0 Å². The van der Waals surface area contributed by atoms with Gasteiger partial charge in [0, 0.05) is 34.6 Å². The first kappa shape index (κ1) is 21.9. The number of hydrogen-bond donors (Lipinski definition) is 2. The van der Waals surface area contributed by atoms with Crippen LogP contribution < -0.4 is 10.6 Å². The van der Waals surface area contributed by atoms with Crippen molar-refractivity contribution >= 4 is 46.4 Å². The van der Waals surface area contributed by atoms with Crippen LogP contribution in [0.25, 0.3) is 5.69 Å². The minimum Gasteiger partial charge on any atom is -0.326 e. The summed E-state index contributed by atoms with van der Waals surface area (Å²) in [6, 6.07) is 10.6. The van der Waals surface area contributed by atoms with Gasteiger partial charge < -0.3 is 10.6 Å². The Morgan fingerprint density at radius 2 is 1.77 bits per heavy atom. The Balaban J connectivity index is 1.83. The number of nitrogens with one attached hydrogen (secondary N) is 2. The number of anilines is 2. The lowest BCUT2D eigenvalue weighted by Gasteiger charge is -2.11. The summed E-state index contributed by atoms with van der Waals surface area (Å²) in [6.07, 6.45) is 0.159. The third-order valence-electron chi connectivity index (χ3n) is 4.75. The number of amides is 2. The third kappa shape index (κ3) is 4.83. The normalized spacial score (nSPS) is 10.7. The van der Waals surface area contributed by atoms with Gasteiger partial charge >= 0.3 is 0 Å². The molecule has 8 heteroatoms. The molecule has 156 valence electrons. The van der Waals surface area contributed by atoms with Crippen LogP contribution in [0.3, 0.4) is 0 Å². The molecule has 3 aromatic rings. The maximum absolute atomic E-state index is 12.8. The van der Waals surface area contributed by atoms with Gasteiger partial charge in [0.2, 0.25) is 11.8 Å². The topological polar surface area (TPSA) is 76.0 Å². The first-order valence-electron chi connectivity index (χ1n) is 9.34. The van der Waals surface area contributed by atoms with Crippen molar-refractivity contribution in [3.63, 3.8) is 0 Å². The van der Waals surface area contributed by atoms with Crippen LogP contribution in [0.4, 0.5) is 11.4 Å². The zero-order chi connectivity index (χ0) is 22.0. The van der Waals surface area contributed by atoms with Crippen LogP contribution in [-0.4, -0.2) is 21.6 Å². The maximum atomic E-state index is 12.8.